The Kier molecular flexibility index (Phi) is 11.7. The Labute approximate surface area is 271 Å². The largest absolute Gasteiger partial charge is 0.340 e. The lowest BCUT2D eigenvalue weighted by Gasteiger charge is -2.41. The Bertz CT molecular complexity index is 1360. The number of nitrogens with one attached hydrogen (secondary N) is 1. The third-order valence-electron chi connectivity index (χ3n) is 8.62. The van der Waals surface area contributed by atoms with E-state index < -0.39 is 8.24 Å². The van der Waals surface area contributed by atoms with E-state index in [1.54, 1.807) is 0 Å². The highest BCUT2D eigenvalue weighted by Gasteiger charge is 2.34. The van der Waals surface area contributed by atoms with Crippen LogP contribution in [0.4, 0.5) is 17.1 Å². The van der Waals surface area contributed by atoms with E-state index in [1.807, 2.05) is 0 Å². The highest BCUT2D eigenvalue weighted by molar-refractivity contribution is 6.83. The highest BCUT2D eigenvalue weighted by Crippen LogP contribution is 2.41. The van der Waals surface area contributed by atoms with Crippen LogP contribution in [0.15, 0.2) is 59.6 Å². The van der Waals surface area contributed by atoms with E-state index in [2.05, 4.69) is 167 Å². The van der Waals surface area contributed by atoms with Crippen LogP contribution in [0.3, 0.4) is 0 Å². The smallest absolute Gasteiger partial charge is 0.200 e. The van der Waals surface area contributed by atoms with Crippen molar-refractivity contribution >= 4 is 31.3 Å². The molecule has 0 radical (unpaired) electrons. The van der Waals surface area contributed by atoms with Crippen LogP contribution >= 0.6 is 0 Å². The van der Waals surface area contributed by atoms with Gasteiger partial charge in [-0.2, -0.15) is 0 Å². The van der Waals surface area contributed by atoms with Crippen LogP contribution < -0.4 is 9.88 Å². The number of guanidine groups is 1. The molecule has 0 heterocycles. The van der Waals surface area contributed by atoms with Gasteiger partial charge in [-0.05, 0) is 68.9 Å². The van der Waals surface area contributed by atoms with Crippen molar-refractivity contribution < 1.29 is 0 Å². The Morgan fingerprint density at radius 1 is 0.523 bits per heavy atom. The first-order valence-corrected chi connectivity index (χ1v) is 20.5. The van der Waals surface area contributed by atoms with Crippen molar-refractivity contribution in [2.75, 3.05) is 9.88 Å². The zero-order valence-corrected chi connectivity index (χ0v) is 31.6. The van der Waals surface area contributed by atoms with Crippen molar-refractivity contribution in [3.63, 3.8) is 0 Å². The molecular formula is C40H61N3Si. The first-order valence-electron chi connectivity index (χ1n) is 17.0. The lowest BCUT2D eigenvalue weighted by atomic mass is 9.92. The van der Waals surface area contributed by atoms with Crippen LogP contribution in [0.2, 0.25) is 19.6 Å². The summed E-state index contributed by atoms with van der Waals surface area (Å²) < 4.78 is 2.65. The topological polar surface area (TPSA) is 27.6 Å². The molecule has 0 aromatic heterocycles. The van der Waals surface area contributed by atoms with E-state index >= 15 is 0 Å². The van der Waals surface area contributed by atoms with Gasteiger partial charge in [0.2, 0.25) is 0 Å². The van der Waals surface area contributed by atoms with E-state index in [9.17, 15) is 0 Å². The van der Waals surface area contributed by atoms with E-state index in [0.717, 1.165) is 11.6 Å². The van der Waals surface area contributed by atoms with Crippen molar-refractivity contribution in [3.8, 4) is 0 Å². The average Bonchev–Trinajstić information content (AvgIpc) is 2.91. The average molecular weight is 612 g/mol. The second-order valence-corrected chi connectivity index (χ2v) is 20.2. The fraction of sp³-hybridized carbons (Fsp3) is 0.525. The molecular weight excluding hydrogens is 551 g/mol. The van der Waals surface area contributed by atoms with Gasteiger partial charge >= 0.3 is 0 Å². The van der Waals surface area contributed by atoms with E-state index in [1.165, 1.54) is 44.8 Å². The molecule has 0 spiro atoms. The van der Waals surface area contributed by atoms with Crippen molar-refractivity contribution in [3.05, 3.63) is 88.0 Å². The third-order valence-corrected chi connectivity index (χ3v) is 10.4. The van der Waals surface area contributed by atoms with Crippen LogP contribution in [0.5, 0.6) is 0 Å². The number of anilines is 2. The minimum Gasteiger partial charge on any atom is -0.340 e. The van der Waals surface area contributed by atoms with Crippen LogP contribution in [-0.4, -0.2) is 14.2 Å². The third kappa shape index (κ3) is 7.86. The summed E-state index contributed by atoms with van der Waals surface area (Å²) in [4.78, 5) is 5.81. The summed E-state index contributed by atoms with van der Waals surface area (Å²) in [6.45, 7) is 35.0. The van der Waals surface area contributed by atoms with E-state index in [4.69, 9.17) is 4.99 Å². The number of para-hydroxylation sites is 3. The summed E-state index contributed by atoms with van der Waals surface area (Å²) in [5.41, 5.74) is 11.7. The molecule has 0 aliphatic carbocycles. The molecule has 4 heteroatoms. The van der Waals surface area contributed by atoms with Gasteiger partial charge in [-0.1, -0.05) is 157 Å². The SMILES string of the molecule is CC(C)c1cccc(C(C)C)c1N=C(Nc1c(C(C)C)cccc1C(C)C)N(c1c(C(C)C)cccc1C(C)C)[Si](C)(C)C. The minimum absolute atomic E-state index is 0.359. The number of hydrogen-bond acceptors (Lipinski definition) is 1. The zero-order chi connectivity index (χ0) is 33.1. The Balaban J connectivity index is 2.58. The van der Waals surface area contributed by atoms with Crippen LogP contribution in [0.25, 0.3) is 0 Å². The number of aliphatic imine (C=N–C) groups is 1. The van der Waals surface area contributed by atoms with E-state index in [0.29, 0.717) is 35.5 Å². The molecule has 3 nitrogen and oxygen atoms in total. The second kappa shape index (κ2) is 14.5. The monoisotopic (exact) mass is 611 g/mol. The quantitative estimate of drug-likeness (QED) is 0.140. The zero-order valence-electron chi connectivity index (χ0n) is 30.6. The molecule has 0 aliphatic rings. The summed E-state index contributed by atoms with van der Waals surface area (Å²) in [6, 6.07) is 20.5. The summed E-state index contributed by atoms with van der Waals surface area (Å²) in [5.74, 6) is 3.18. The van der Waals surface area contributed by atoms with Crippen LogP contribution in [0, 0.1) is 0 Å². The summed E-state index contributed by atoms with van der Waals surface area (Å²) in [6.07, 6.45) is 0. The fourth-order valence-electron chi connectivity index (χ4n) is 6.22. The molecule has 0 unspecified atom stereocenters. The van der Waals surface area contributed by atoms with Gasteiger partial charge < -0.3 is 9.88 Å². The van der Waals surface area contributed by atoms with Gasteiger partial charge in [-0.3, -0.25) is 0 Å². The first kappa shape index (κ1) is 35.6. The van der Waals surface area contributed by atoms with Crippen molar-refractivity contribution in [2.24, 2.45) is 4.99 Å². The second-order valence-electron chi connectivity index (χ2n) is 15.4. The van der Waals surface area contributed by atoms with Gasteiger partial charge in [0.1, 0.15) is 0 Å². The summed E-state index contributed by atoms with van der Waals surface area (Å²) >= 11 is 0. The van der Waals surface area contributed by atoms with Gasteiger partial charge in [0.15, 0.2) is 14.2 Å². The lowest BCUT2D eigenvalue weighted by Crippen LogP contribution is -2.53. The van der Waals surface area contributed by atoms with Crippen molar-refractivity contribution in [1.82, 2.24) is 0 Å². The summed E-state index contributed by atoms with van der Waals surface area (Å²) in [7, 11) is -2.09. The Hall–Kier alpha value is -2.85. The molecule has 240 valence electrons. The normalized spacial score (nSPS) is 12.9. The molecule has 44 heavy (non-hydrogen) atoms. The van der Waals surface area contributed by atoms with Crippen LogP contribution in [0.1, 0.15) is 152 Å². The maximum absolute atomic E-state index is 5.81. The van der Waals surface area contributed by atoms with Gasteiger partial charge in [0, 0.05) is 11.4 Å². The predicted octanol–water partition coefficient (Wildman–Crippen LogP) is 12.9. The van der Waals surface area contributed by atoms with Crippen molar-refractivity contribution in [1.29, 1.82) is 0 Å². The Morgan fingerprint density at radius 2 is 0.841 bits per heavy atom. The molecule has 0 fully saturated rings. The number of rotatable bonds is 10. The maximum Gasteiger partial charge on any atom is 0.200 e. The molecule has 3 aromatic carbocycles. The fourth-order valence-corrected chi connectivity index (χ4v) is 7.89. The highest BCUT2D eigenvalue weighted by atomic mass is 28.3. The summed E-state index contributed by atoms with van der Waals surface area (Å²) in [5, 5.41) is 4.11. The molecule has 0 aliphatic heterocycles. The number of hydrogen-bond donors (Lipinski definition) is 1. The van der Waals surface area contributed by atoms with Gasteiger partial charge in [-0.25, -0.2) is 4.99 Å². The van der Waals surface area contributed by atoms with E-state index in [-0.39, 0.29) is 0 Å². The lowest BCUT2D eigenvalue weighted by molar-refractivity contribution is 0.830. The van der Waals surface area contributed by atoms with Crippen LogP contribution in [-0.2, 0) is 0 Å². The molecule has 0 atom stereocenters. The first-order chi connectivity index (χ1) is 20.5. The number of benzene rings is 3. The number of nitrogens with zero attached hydrogens (tertiary/aromatic N) is 2. The predicted molar refractivity (Wildman–Crippen MR) is 200 cm³/mol. The maximum atomic E-state index is 5.81. The molecule has 3 aromatic rings. The molecule has 0 saturated heterocycles. The minimum atomic E-state index is -2.09. The Morgan fingerprint density at radius 3 is 1.16 bits per heavy atom. The molecule has 0 amide bonds. The van der Waals surface area contributed by atoms with Gasteiger partial charge in [-0.15, -0.1) is 0 Å². The van der Waals surface area contributed by atoms with Crippen molar-refractivity contribution in [2.45, 2.75) is 138 Å². The molecule has 3 rings (SSSR count). The molecule has 0 bridgehead atoms. The standard InChI is InChI=1S/C40H61N3Si/c1-25(2)31-19-16-20-32(26(3)4)37(31)41-40(42-38-33(27(5)6)21-17-22-34(38)28(7)8)43(44(13,14)15)39-35(29(9)10)23-18-24-36(39)30(11)12/h16-30H,1-15H3,(H,41,42). The molecule has 1 N–H and O–H groups in total. The molecule has 0 saturated carbocycles. The van der Waals surface area contributed by atoms with Gasteiger partial charge in [0.05, 0.1) is 5.69 Å². The van der Waals surface area contributed by atoms with Gasteiger partial charge in [0.25, 0.3) is 0 Å².